The molecule has 1 saturated carbocycles. The molecule has 1 aliphatic carbocycles. The van der Waals surface area contributed by atoms with Gasteiger partial charge in [-0.25, -0.2) is 0 Å². The molecule has 1 N–H and O–H groups in total. The van der Waals surface area contributed by atoms with Crippen LogP contribution in [0.1, 0.15) is 43.3 Å². The Morgan fingerprint density at radius 3 is 2.67 bits per heavy atom. The van der Waals surface area contributed by atoms with Gasteiger partial charge in [0, 0.05) is 39.1 Å². The molecule has 1 aliphatic heterocycles. The molecule has 0 aromatic carbocycles. The van der Waals surface area contributed by atoms with E-state index in [2.05, 4.69) is 10.1 Å². The van der Waals surface area contributed by atoms with E-state index >= 15 is 0 Å². The van der Waals surface area contributed by atoms with Gasteiger partial charge >= 0.3 is 0 Å². The highest BCUT2D eigenvalue weighted by molar-refractivity contribution is 5.07. The maximum absolute atomic E-state index is 9.30. The average molecular weight is 254 g/mol. The van der Waals surface area contributed by atoms with Crippen LogP contribution in [0.2, 0.25) is 0 Å². The van der Waals surface area contributed by atoms with Crippen LogP contribution in [-0.4, -0.2) is 41.7 Å². The van der Waals surface area contributed by atoms with Crippen LogP contribution in [-0.2, 0) is 15.1 Å². The fourth-order valence-corrected chi connectivity index (χ4v) is 2.60. The van der Waals surface area contributed by atoms with Crippen LogP contribution in [0.4, 0.5) is 0 Å². The van der Waals surface area contributed by atoms with Crippen LogP contribution in [0.25, 0.3) is 0 Å². The second-order valence-corrected chi connectivity index (χ2v) is 5.09. The zero-order valence-electron chi connectivity index (χ0n) is 10.5. The number of nitrogens with zero attached hydrogens (tertiary/aromatic N) is 2. The molecule has 0 unspecified atom stereocenters. The molecule has 6 heteroatoms. The molecular weight excluding hydrogens is 236 g/mol. The normalized spacial score (nSPS) is 31.0. The first kappa shape index (κ1) is 12.1. The Morgan fingerprint density at radius 2 is 2.06 bits per heavy atom. The Labute approximate surface area is 105 Å². The summed E-state index contributed by atoms with van der Waals surface area (Å²) in [6.07, 6.45) is 2.70. The summed E-state index contributed by atoms with van der Waals surface area (Å²) in [7, 11) is 1.68. The largest absolute Gasteiger partial charge is 0.393 e. The summed E-state index contributed by atoms with van der Waals surface area (Å²) in [6.45, 7) is 1.31. The first-order chi connectivity index (χ1) is 8.73. The van der Waals surface area contributed by atoms with Crippen LogP contribution < -0.4 is 0 Å². The number of aliphatic hydroxyl groups excluding tert-OH is 1. The van der Waals surface area contributed by atoms with Gasteiger partial charge in [-0.05, 0) is 12.8 Å². The van der Waals surface area contributed by atoms with Crippen molar-refractivity contribution in [2.24, 2.45) is 0 Å². The van der Waals surface area contributed by atoms with Crippen LogP contribution in [0, 0.1) is 0 Å². The standard InChI is InChI=1S/C12H18N2O4/c1-16-12(2-4-17-5-3-12)11-13-10(18-14-11)8-6-9(15)7-8/h8-9,15H,2-7H2,1H3. The third-order valence-electron chi connectivity index (χ3n) is 4.00. The van der Waals surface area contributed by atoms with Gasteiger partial charge in [0.25, 0.3) is 0 Å². The summed E-state index contributed by atoms with van der Waals surface area (Å²) in [5, 5.41) is 13.4. The third kappa shape index (κ3) is 1.94. The molecule has 1 aromatic rings. The fourth-order valence-electron chi connectivity index (χ4n) is 2.60. The van der Waals surface area contributed by atoms with Crippen molar-refractivity contribution in [2.75, 3.05) is 20.3 Å². The molecular formula is C12H18N2O4. The Balaban J connectivity index is 1.78. The Hall–Kier alpha value is -0.980. The lowest BCUT2D eigenvalue weighted by molar-refractivity contribution is -0.101. The van der Waals surface area contributed by atoms with Crippen molar-refractivity contribution in [3.63, 3.8) is 0 Å². The predicted octanol–water partition coefficient (Wildman–Crippen LogP) is 0.960. The van der Waals surface area contributed by atoms with Crippen molar-refractivity contribution in [2.45, 2.75) is 43.3 Å². The van der Waals surface area contributed by atoms with E-state index in [-0.39, 0.29) is 12.0 Å². The van der Waals surface area contributed by atoms with Gasteiger partial charge in [-0.15, -0.1) is 0 Å². The number of rotatable bonds is 3. The smallest absolute Gasteiger partial charge is 0.230 e. The van der Waals surface area contributed by atoms with E-state index in [0.717, 1.165) is 12.8 Å². The molecule has 100 valence electrons. The van der Waals surface area contributed by atoms with E-state index in [4.69, 9.17) is 14.0 Å². The van der Waals surface area contributed by atoms with Crippen molar-refractivity contribution in [3.8, 4) is 0 Å². The highest BCUT2D eigenvalue weighted by Gasteiger charge is 2.41. The molecule has 6 nitrogen and oxygen atoms in total. The number of ether oxygens (including phenoxy) is 2. The number of aromatic nitrogens is 2. The summed E-state index contributed by atoms with van der Waals surface area (Å²) >= 11 is 0. The van der Waals surface area contributed by atoms with Crippen LogP contribution >= 0.6 is 0 Å². The van der Waals surface area contributed by atoms with Crippen molar-refractivity contribution < 1.29 is 19.1 Å². The zero-order chi connectivity index (χ0) is 12.6. The van der Waals surface area contributed by atoms with E-state index in [1.54, 1.807) is 7.11 Å². The Kier molecular flexibility index (Phi) is 3.09. The Bertz CT molecular complexity index is 408. The lowest BCUT2D eigenvalue weighted by atomic mass is 9.82. The van der Waals surface area contributed by atoms with Gasteiger partial charge in [-0.2, -0.15) is 4.98 Å². The summed E-state index contributed by atoms with van der Waals surface area (Å²) in [5.74, 6) is 1.44. The Morgan fingerprint density at radius 1 is 1.33 bits per heavy atom. The summed E-state index contributed by atoms with van der Waals surface area (Å²) in [5.41, 5.74) is -0.470. The number of methoxy groups -OCH3 is 1. The highest BCUT2D eigenvalue weighted by atomic mass is 16.5. The molecule has 3 rings (SSSR count). The van der Waals surface area contributed by atoms with Gasteiger partial charge < -0.3 is 19.1 Å². The number of aliphatic hydroxyl groups is 1. The molecule has 0 spiro atoms. The molecule has 2 fully saturated rings. The minimum atomic E-state index is -0.470. The van der Waals surface area contributed by atoms with Gasteiger partial charge in [0.2, 0.25) is 11.7 Å². The van der Waals surface area contributed by atoms with Crippen molar-refractivity contribution >= 4 is 0 Å². The van der Waals surface area contributed by atoms with Gasteiger partial charge in [0.05, 0.1) is 6.10 Å². The lowest BCUT2D eigenvalue weighted by Crippen LogP contribution is -2.36. The van der Waals surface area contributed by atoms with Gasteiger partial charge in [-0.3, -0.25) is 0 Å². The first-order valence-corrected chi connectivity index (χ1v) is 6.38. The number of hydrogen-bond acceptors (Lipinski definition) is 6. The predicted molar refractivity (Wildman–Crippen MR) is 61.0 cm³/mol. The molecule has 1 saturated heterocycles. The van der Waals surface area contributed by atoms with Crippen molar-refractivity contribution in [1.82, 2.24) is 10.1 Å². The van der Waals surface area contributed by atoms with Gasteiger partial charge in [0.15, 0.2) is 0 Å². The quantitative estimate of drug-likeness (QED) is 0.865. The van der Waals surface area contributed by atoms with Crippen LogP contribution in [0.15, 0.2) is 4.52 Å². The van der Waals surface area contributed by atoms with E-state index in [9.17, 15) is 5.11 Å². The summed E-state index contributed by atoms with van der Waals surface area (Å²) < 4.78 is 16.3. The molecule has 2 aliphatic rings. The van der Waals surface area contributed by atoms with E-state index in [1.807, 2.05) is 0 Å². The van der Waals surface area contributed by atoms with Gasteiger partial charge in [-0.1, -0.05) is 5.16 Å². The second-order valence-electron chi connectivity index (χ2n) is 5.09. The summed E-state index contributed by atoms with van der Waals surface area (Å²) in [6, 6.07) is 0. The number of hydrogen-bond donors (Lipinski definition) is 1. The van der Waals surface area contributed by atoms with E-state index in [0.29, 0.717) is 37.8 Å². The first-order valence-electron chi connectivity index (χ1n) is 6.38. The van der Waals surface area contributed by atoms with Gasteiger partial charge in [0.1, 0.15) is 5.60 Å². The van der Waals surface area contributed by atoms with Crippen LogP contribution in [0.3, 0.4) is 0 Å². The van der Waals surface area contributed by atoms with Crippen LogP contribution in [0.5, 0.6) is 0 Å². The monoisotopic (exact) mass is 254 g/mol. The molecule has 0 radical (unpaired) electrons. The highest BCUT2D eigenvalue weighted by Crippen LogP contribution is 2.38. The SMILES string of the molecule is COC1(c2noc(C3CC(O)C3)n2)CCOCC1. The topological polar surface area (TPSA) is 77.6 Å². The molecule has 2 heterocycles. The minimum absolute atomic E-state index is 0.204. The average Bonchev–Trinajstić information content (AvgIpc) is 2.85. The van der Waals surface area contributed by atoms with Crippen molar-refractivity contribution in [3.05, 3.63) is 11.7 Å². The zero-order valence-corrected chi connectivity index (χ0v) is 10.5. The second kappa shape index (κ2) is 4.60. The summed E-state index contributed by atoms with van der Waals surface area (Å²) in [4.78, 5) is 4.46. The molecule has 18 heavy (non-hydrogen) atoms. The minimum Gasteiger partial charge on any atom is -0.393 e. The van der Waals surface area contributed by atoms with E-state index < -0.39 is 5.60 Å². The van der Waals surface area contributed by atoms with E-state index in [1.165, 1.54) is 0 Å². The molecule has 0 atom stereocenters. The molecule has 0 amide bonds. The maximum atomic E-state index is 9.30. The molecule has 0 bridgehead atoms. The third-order valence-corrected chi connectivity index (χ3v) is 4.00. The lowest BCUT2D eigenvalue weighted by Gasteiger charge is -2.32. The molecule has 1 aromatic heterocycles. The fraction of sp³-hybridized carbons (Fsp3) is 0.833. The maximum Gasteiger partial charge on any atom is 0.230 e. The van der Waals surface area contributed by atoms with Crippen molar-refractivity contribution in [1.29, 1.82) is 0 Å².